The summed E-state index contributed by atoms with van der Waals surface area (Å²) < 4.78 is 54.2. The van der Waals surface area contributed by atoms with Gasteiger partial charge in [0.25, 0.3) is 11.5 Å². The van der Waals surface area contributed by atoms with Crippen LogP contribution in [0.4, 0.5) is 13.2 Å². The lowest BCUT2D eigenvalue weighted by Crippen LogP contribution is -2.37. The Labute approximate surface area is 201 Å². The summed E-state index contributed by atoms with van der Waals surface area (Å²) in [6.45, 7) is 2.65. The van der Waals surface area contributed by atoms with Gasteiger partial charge in [0, 0.05) is 29.5 Å². The molecule has 0 aliphatic heterocycles. The van der Waals surface area contributed by atoms with Gasteiger partial charge in [0.05, 0.1) is 29.0 Å². The quantitative estimate of drug-likeness (QED) is 0.501. The van der Waals surface area contributed by atoms with Crippen LogP contribution in [0, 0.1) is 18.3 Å². The van der Waals surface area contributed by atoms with E-state index in [9.17, 15) is 32.4 Å². The number of halogens is 3. The number of alkyl halides is 3. The molecule has 0 aliphatic carbocycles. The number of hydrogen-bond acceptors (Lipinski definition) is 5. The van der Waals surface area contributed by atoms with E-state index in [1.165, 1.54) is 44.2 Å². The fourth-order valence-electron chi connectivity index (χ4n) is 3.28. The van der Waals surface area contributed by atoms with E-state index in [2.05, 4.69) is 5.32 Å². The topological polar surface area (TPSA) is 118 Å². The summed E-state index contributed by atoms with van der Waals surface area (Å²) in [6.07, 6.45) is -5.59. The number of aromatic nitrogens is 1. The molecule has 2 unspecified atom stereocenters. The molecule has 1 aromatic heterocycles. The molecule has 0 fully saturated rings. The van der Waals surface area contributed by atoms with Gasteiger partial charge < -0.3 is 15.0 Å². The van der Waals surface area contributed by atoms with Crippen molar-refractivity contribution in [2.75, 3.05) is 6.54 Å². The maximum Gasteiger partial charge on any atom is 0.416 e. The molecule has 0 aliphatic rings. The molecule has 11 heteroatoms. The van der Waals surface area contributed by atoms with Gasteiger partial charge in [0.2, 0.25) is 0 Å². The van der Waals surface area contributed by atoms with E-state index in [0.717, 1.165) is 28.8 Å². The monoisotopic (exact) mass is 503 g/mol. The molecule has 1 heterocycles. The van der Waals surface area contributed by atoms with Gasteiger partial charge in [0.1, 0.15) is 5.56 Å². The highest BCUT2D eigenvalue weighted by Gasteiger charge is 2.32. The smallest absolute Gasteiger partial charge is 0.416 e. The number of nitrogens with zero attached hydrogens (tertiary/aromatic N) is 2. The van der Waals surface area contributed by atoms with Crippen molar-refractivity contribution in [3.8, 4) is 11.8 Å². The van der Waals surface area contributed by atoms with Gasteiger partial charge in [-0.1, -0.05) is 6.07 Å². The van der Waals surface area contributed by atoms with Crippen molar-refractivity contribution in [2.45, 2.75) is 35.9 Å². The summed E-state index contributed by atoms with van der Waals surface area (Å²) in [5.74, 6) is -0.880. The molecule has 182 valence electrons. The summed E-state index contributed by atoms with van der Waals surface area (Å²) in [6, 6.07) is 12.9. The third-order valence-electron chi connectivity index (χ3n) is 5.03. The van der Waals surface area contributed by atoms with Gasteiger partial charge in [0.15, 0.2) is 9.79 Å². The second-order valence-corrected chi connectivity index (χ2v) is 9.11. The minimum absolute atomic E-state index is 0.0221. The second-order valence-electron chi connectivity index (χ2n) is 7.66. The number of hydrogen-bond donors (Lipinski definition) is 2. The van der Waals surface area contributed by atoms with E-state index < -0.39 is 46.0 Å². The van der Waals surface area contributed by atoms with Crippen LogP contribution in [-0.2, 0) is 17.4 Å². The van der Waals surface area contributed by atoms with E-state index >= 15 is 0 Å². The minimum atomic E-state index is -4.67. The Morgan fingerprint density at radius 3 is 2.46 bits per heavy atom. The zero-order valence-corrected chi connectivity index (χ0v) is 19.4. The van der Waals surface area contributed by atoms with Crippen molar-refractivity contribution in [1.29, 1.82) is 5.26 Å². The number of amides is 1. The predicted octanol–water partition coefficient (Wildman–Crippen LogP) is 3.31. The highest BCUT2D eigenvalue weighted by molar-refractivity contribution is 7.91. The van der Waals surface area contributed by atoms with Crippen LogP contribution in [0.1, 0.15) is 34.1 Å². The molecule has 3 aromatic rings. The largest absolute Gasteiger partial charge is 0.606 e. The van der Waals surface area contributed by atoms with E-state index in [-0.39, 0.29) is 27.7 Å². The van der Waals surface area contributed by atoms with Crippen molar-refractivity contribution < 1.29 is 27.6 Å². The summed E-state index contributed by atoms with van der Waals surface area (Å²) in [5, 5.41) is 20.8. The number of aliphatic hydroxyl groups is 1. The Morgan fingerprint density at radius 2 is 1.89 bits per heavy atom. The molecule has 3 rings (SSSR count). The zero-order chi connectivity index (χ0) is 25.9. The number of benzene rings is 2. The van der Waals surface area contributed by atoms with E-state index in [1.807, 2.05) is 6.07 Å². The predicted molar refractivity (Wildman–Crippen MR) is 122 cm³/mol. The van der Waals surface area contributed by atoms with Gasteiger partial charge >= 0.3 is 6.18 Å². The first-order valence-corrected chi connectivity index (χ1v) is 11.4. The van der Waals surface area contributed by atoms with Gasteiger partial charge in [-0.15, -0.1) is 0 Å². The number of carbonyl (C=O) groups is 1. The van der Waals surface area contributed by atoms with E-state index in [4.69, 9.17) is 5.26 Å². The van der Waals surface area contributed by atoms with Gasteiger partial charge in [-0.3, -0.25) is 14.2 Å². The molecule has 0 spiro atoms. The average molecular weight is 504 g/mol. The molecule has 0 bridgehead atoms. The molecule has 2 atom stereocenters. The van der Waals surface area contributed by atoms with Crippen molar-refractivity contribution in [1.82, 2.24) is 9.88 Å². The second kappa shape index (κ2) is 10.4. The third-order valence-corrected chi connectivity index (χ3v) is 6.55. The average Bonchev–Trinajstić information content (AvgIpc) is 2.82. The van der Waals surface area contributed by atoms with Crippen LogP contribution in [0.25, 0.3) is 5.69 Å². The Kier molecular flexibility index (Phi) is 7.70. The summed E-state index contributed by atoms with van der Waals surface area (Å²) in [7, 11) is 0. The number of rotatable bonds is 6. The maximum atomic E-state index is 13.4. The van der Waals surface area contributed by atoms with Gasteiger partial charge in [-0.2, -0.15) is 18.4 Å². The number of aliphatic hydroxyl groups excluding tert-OH is 1. The molecule has 2 aromatic carbocycles. The van der Waals surface area contributed by atoms with Crippen molar-refractivity contribution in [2.24, 2.45) is 0 Å². The summed E-state index contributed by atoms with van der Waals surface area (Å²) >= 11 is -1.94. The molecule has 0 saturated carbocycles. The Bertz CT molecular complexity index is 1350. The fraction of sp³-hybridized carbons (Fsp3) is 0.208. The van der Waals surface area contributed by atoms with Crippen LogP contribution < -0.4 is 10.9 Å². The summed E-state index contributed by atoms with van der Waals surface area (Å²) in [5.41, 5.74) is -2.12. The Hall–Kier alpha value is -3.59. The lowest BCUT2D eigenvalue weighted by Gasteiger charge is -2.19. The van der Waals surface area contributed by atoms with Crippen LogP contribution >= 0.6 is 0 Å². The molecule has 35 heavy (non-hydrogen) atoms. The molecule has 1 amide bonds. The fourth-order valence-corrected chi connectivity index (χ4v) is 4.50. The maximum absolute atomic E-state index is 13.4. The third kappa shape index (κ3) is 5.74. The van der Waals surface area contributed by atoms with Crippen LogP contribution in [0.3, 0.4) is 0 Å². The number of nitriles is 1. The molecular formula is C24H20F3N3O4S. The minimum Gasteiger partial charge on any atom is -0.606 e. The molecule has 7 nitrogen and oxygen atoms in total. The van der Waals surface area contributed by atoms with Crippen LogP contribution in [-0.4, -0.2) is 32.8 Å². The SMILES string of the molecule is Cc1c([S+]([O-])c2ccc(C#N)cc2)cc(C(=O)NCC(C)O)c(=O)n1-c1cccc(C(F)(F)F)c1. The van der Waals surface area contributed by atoms with Crippen LogP contribution in [0.2, 0.25) is 0 Å². The molecule has 0 saturated heterocycles. The van der Waals surface area contributed by atoms with Crippen molar-refractivity contribution in [3.05, 3.63) is 87.3 Å². The molecule has 0 radical (unpaired) electrons. The Balaban J connectivity index is 2.24. The van der Waals surface area contributed by atoms with E-state index in [0.29, 0.717) is 5.56 Å². The van der Waals surface area contributed by atoms with Crippen molar-refractivity contribution >= 4 is 17.1 Å². The Morgan fingerprint density at radius 1 is 1.23 bits per heavy atom. The van der Waals surface area contributed by atoms with E-state index in [1.54, 1.807) is 0 Å². The first-order chi connectivity index (χ1) is 16.4. The lowest BCUT2D eigenvalue weighted by atomic mass is 10.1. The molecular weight excluding hydrogens is 483 g/mol. The van der Waals surface area contributed by atoms with Crippen molar-refractivity contribution in [3.63, 3.8) is 0 Å². The normalized spacial score (nSPS) is 13.1. The standard InChI is InChI=1S/C24H20F3N3O4S/c1-14(31)13-29-22(32)20-11-21(35(34)19-8-6-16(12-28)7-9-19)15(2)30(23(20)33)18-5-3-4-17(10-18)24(25,26)27/h3-11,14,31H,13H2,1-2H3,(H,29,32). The zero-order valence-electron chi connectivity index (χ0n) is 18.6. The molecule has 2 N–H and O–H groups in total. The number of carbonyl (C=O) groups excluding carboxylic acids is 1. The van der Waals surface area contributed by atoms with Crippen LogP contribution in [0.15, 0.2) is 69.2 Å². The first-order valence-electron chi connectivity index (χ1n) is 10.3. The highest BCUT2D eigenvalue weighted by atomic mass is 32.2. The number of pyridine rings is 1. The van der Waals surface area contributed by atoms with Gasteiger partial charge in [-0.05, 0) is 56.3 Å². The summed E-state index contributed by atoms with van der Waals surface area (Å²) in [4.78, 5) is 26.3. The number of nitrogens with one attached hydrogen (secondary N) is 1. The van der Waals surface area contributed by atoms with Gasteiger partial charge in [-0.25, -0.2) is 0 Å². The lowest BCUT2D eigenvalue weighted by molar-refractivity contribution is -0.137. The highest BCUT2D eigenvalue weighted by Crippen LogP contribution is 2.31. The first kappa shape index (κ1) is 26.0. The van der Waals surface area contributed by atoms with Crippen LogP contribution in [0.5, 0.6) is 0 Å².